The first kappa shape index (κ1) is 38.2. The van der Waals surface area contributed by atoms with Crippen molar-refractivity contribution in [3.63, 3.8) is 0 Å². The Morgan fingerprint density at radius 2 is 1.60 bits per heavy atom. The van der Waals surface area contributed by atoms with Crippen LogP contribution in [0, 0.1) is 30.6 Å². The van der Waals surface area contributed by atoms with Crippen molar-refractivity contribution in [1.29, 1.82) is 0 Å². The monoisotopic (exact) mass is 695 g/mol. The number of allylic oxidation sites excluding steroid dienone is 4. The van der Waals surface area contributed by atoms with Crippen molar-refractivity contribution in [1.82, 2.24) is 5.32 Å². The van der Waals surface area contributed by atoms with E-state index in [1.165, 1.54) is 47.0 Å². The van der Waals surface area contributed by atoms with E-state index in [2.05, 4.69) is 5.32 Å². The highest BCUT2D eigenvalue weighted by Crippen LogP contribution is 2.47. The van der Waals surface area contributed by atoms with Crippen LogP contribution in [0.3, 0.4) is 0 Å². The molecule has 270 valence electrons. The zero-order valence-corrected chi connectivity index (χ0v) is 29.6. The predicted octanol–water partition coefficient (Wildman–Crippen LogP) is 3.63. The van der Waals surface area contributed by atoms with Crippen LogP contribution < -0.4 is 10.1 Å². The Hall–Kier alpha value is -4.59. The maximum absolute atomic E-state index is 13.9. The lowest BCUT2D eigenvalue weighted by molar-refractivity contribution is -0.160. The average Bonchev–Trinajstić information content (AvgIpc) is 3.33. The van der Waals surface area contributed by atoms with Gasteiger partial charge in [0, 0.05) is 61.8 Å². The molecule has 13 nitrogen and oxygen atoms in total. The average molecular weight is 696 g/mol. The van der Waals surface area contributed by atoms with Crippen LogP contribution in [-0.2, 0) is 23.8 Å². The number of phenolic OH excluding ortho intramolecular Hbond substituents is 1. The molecule has 1 aromatic rings. The molecule has 13 heteroatoms. The number of rotatable bonds is 2. The molecular formula is C37H45NO12. The number of methoxy groups -OCH3 is 1. The number of ether oxygens (including phenoxy) is 4. The molecule has 3 aliphatic heterocycles. The first-order valence-electron chi connectivity index (χ1n) is 16.4. The van der Waals surface area contributed by atoms with Crippen molar-refractivity contribution in [2.24, 2.45) is 23.7 Å². The van der Waals surface area contributed by atoms with Crippen LogP contribution >= 0.6 is 0 Å². The molecule has 4 aliphatic rings. The molecule has 4 N–H and O–H groups in total. The largest absolute Gasteiger partial charge is 0.507 e. The number of hydrogen-bond donors (Lipinski definition) is 4. The Bertz CT molecular complexity index is 1720. The molecule has 0 aromatic heterocycles. The highest BCUT2D eigenvalue weighted by molar-refractivity contribution is 6.30. The molecule has 1 aromatic carbocycles. The zero-order valence-electron chi connectivity index (χ0n) is 29.6. The summed E-state index contributed by atoms with van der Waals surface area (Å²) in [5.41, 5.74) is -1.31. The number of esters is 1. The first-order chi connectivity index (χ1) is 23.4. The zero-order chi connectivity index (χ0) is 37.4. The van der Waals surface area contributed by atoms with Crippen LogP contribution in [0.5, 0.6) is 11.5 Å². The fraction of sp³-hybridized carbons (Fsp3) is 0.486. The van der Waals surface area contributed by atoms with E-state index in [9.17, 15) is 39.3 Å². The van der Waals surface area contributed by atoms with E-state index in [1.807, 2.05) is 0 Å². The number of aliphatic hydroxyl groups is 2. The second kappa shape index (κ2) is 14.7. The quantitative estimate of drug-likeness (QED) is 0.329. The number of fused-ring (bicyclic) bond motifs is 14. The van der Waals surface area contributed by atoms with E-state index in [0.717, 1.165) is 12.3 Å². The highest BCUT2D eigenvalue weighted by atomic mass is 16.7. The van der Waals surface area contributed by atoms with Gasteiger partial charge < -0.3 is 39.6 Å². The minimum absolute atomic E-state index is 0.00885. The van der Waals surface area contributed by atoms with Gasteiger partial charge in [0.25, 0.3) is 11.7 Å². The third-order valence-corrected chi connectivity index (χ3v) is 9.80. The number of aromatic hydroxyl groups is 1. The highest BCUT2D eigenvalue weighted by Gasteiger charge is 2.51. The fourth-order valence-electron chi connectivity index (χ4n) is 6.62. The summed E-state index contributed by atoms with van der Waals surface area (Å²) in [4.78, 5) is 66.2. The van der Waals surface area contributed by atoms with Gasteiger partial charge in [0.05, 0.1) is 47.0 Å². The van der Waals surface area contributed by atoms with E-state index in [1.54, 1.807) is 39.8 Å². The number of benzene rings is 1. The predicted molar refractivity (Wildman–Crippen MR) is 179 cm³/mol. The number of amides is 1. The topological polar surface area (TPSA) is 195 Å². The van der Waals surface area contributed by atoms with Crippen LogP contribution in [0.2, 0.25) is 0 Å². The summed E-state index contributed by atoms with van der Waals surface area (Å²) in [5, 5.41) is 36.1. The number of phenols is 1. The standard InChI is InChI=1S/C37H45NO12/c1-16-11-10-12-17(2)36(46)38-23-15-24(40)26-27(32(23)44)31(43)21(6)34-28(26)35(45)37(8,50-34)48-14-13-25(47-9)18(3)33(49-22(7)39)20(5)30(42)19(4)29(16)41/h10-16,18-20,25,29-30,33,41-43H,1-9H3,(H,38,46)/b11-10+,14-13+,17-12+/t16-,18-,19+,20+,25+,29-,30+,33+,37-/m0/s1. The van der Waals surface area contributed by atoms with Gasteiger partial charge >= 0.3 is 11.8 Å². The van der Waals surface area contributed by atoms with E-state index < -0.39 is 100 Å². The molecule has 0 saturated carbocycles. The number of Topliss-reactive ketones (excluding diaryl/α,β-unsaturated/α-hetero) is 2. The normalized spacial score (nSPS) is 34.5. The number of nitrogens with one attached hydrogen (secondary N) is 1. The summed E-state index contributed by atoms with van der Waals surface area (Å²) in [7, 11) is 1.42. The minimum Gasteiger partial charge on any atom is -0.507 e. The van der Waals surface area contributed by atoms with Gasteiger partial charge in [0.15, 0.2) is 5.78 Å². The van der Waals surface area contributed by atoms with Gasteiger partial charge in [-0.15, -0.1) is 0 Å². The second-order valence-corrected chi connectivity index (χ2v) is 13.4. The maximum Gasteiger partial charge on any atom is 0.312 e. The number of carbonyl (C=O) groups is 5. The molecule has 0 spiro atoms. The molecule has 1 amide bonds. The second-order valence-electron chi connectivity index (χ2n) is 13.4. The van der Waals surface area contributed by atoms with E-state index in [0.29, 0.717) is 0 Å². The van der Waals surface area contributed by atoms with Crippen LogP contribution in [0.4, 0.5) is 0 Å². The van der Waals surface area contributed by atoms with Crippen molar-refractivity contribution >= 4 is 29.2 Å². The molecule has 0 fully saturated rings. The molecule has 0 saturated heterocycles. The lowest BCUT2D eigenvalue weighted by Crippen LogP contribution is -2.46. The Balaban J connectivity index is 1.83. The van der Waals surface area contributed by atoms with Gasteiger partial charge in [-0.1, -0.05) is 45.9 Å². The molecule has 1 aliphatic carbocycles. The van der Waals surface area contributed by atoms with Crippen LogP contribution in [0.25, 0.3) is 0 Å². The van der Waals surface area contributed by atoms with Crippen molar-refractivity contribution in [3.8, 4) is 11.5 Å². The smallest absolute Gasteiger partial charge is 0.312 e. The van der Waals surface area contributed by atoms with E-state index >= 15 is 0 Å². The fourth-order valence-corrected chi connectivity index (χ4v) is 6.62. The van der Waals surface area contributed by atoms with Crippen molar-refractivity contribution in [2.45, 2.75) is 85.6 Å². The minimum atomic E-state index is -2.03. The van der Waals surface area contributed by atoms with Crippen LogP contribution in [0.1, 0.15) is 85.1 Å². The van der Waals surface area contributed by atoms with Crippen LogP contribution in [0.15, 0.2) is 47.9 Å². The lowest BCUT2D eigenvalue weighted by Gasteiger charge is -2.38. The van der Waals surface area contributed by atoms with Crippen molar-refractivity contribution in [2.75, 3.05) is 7.11 Å². The number of hydrogen-bond acceptors (Lipinski definition) is 12. The van der Waals surface area contributed by atoms with Gasteiger partial charge in [0.1, 0.15) is 17.6 Å². The summed E-state index contributed by atoms with van der Waals surface area (Å²) in [5.74, 6) is -8.99. The summed E-state index contributed by atoms with van der Waals surface area (Å²) in [6.45, 7) is 12.3. The molecular weight excluding hydrogens is 650 g/mol. The van der Waals surface area contributed by atoms with Gasteiger partial charge in [-0.2, -0.15) is 0 Å². The molecule has 5 rings (SSSR count). The van der Waals surface area contributed by atoms with Gasteiger partial charge in [0.2, 0.25) is 5.78 Å². The van der Waals surface area contributed by atoms with Crippen LogP contribution in [-0.4, -0.2) is 81.9 Å². The third-order valence-electron chi connectivity index (χ3n) is 9.80. The van der Waals surface area contributed by atoms with Gasteiger partial charge in [-0.05, 0) is 19.9 Å². The number of carbonyl (C=O) groups excluding carboxylic acids is 5. The summed E-state index contributed by atoms with van der Waals surface area (Å²) < 4.78 is 23.1. The Morgan fingerprint density at radius 3 is 2.22 bits per heavy atom. The summed E-state index contributed by atoms with van der Waals surface area (Å²) in [6.07, 6.45) is 4.31. The molecule has 0 unspecified atom stereocenters. The third kappa shape index (κ3) is 7.03. The van der Waals surface area contributed by atoms with E-state index in [4.69, 9.17) is 18.9 Å². The Morgan fingerprint density at radius 1 is 0.940 bits per heavy atom. The number of aliphatic hydroxyl groups excluding tert-OH is 2. The molecule has 9 atom stereocenters. The van der Waals surface area contributed by atoms with Gasteiger partial charge in [-0.25, -0.2) is 0 Å². The molecule has 3 heterocycles. The van der Waals surface area contributed by atoms with Crippen molar-refractivity contribution < 1.29 is 58.2 Å². The summed E-state index contributed by atoms with van der Waals surface area (Å²) in [6, 6.07) is 0. The lowest BCUT2D eigenvalue weighted by atomic mass is 9.78. The van der Waals surface area contributed by atoms with E-state index in [-0.39, 0.29) is 28.0 Å². The van der Waals surface area contributed by atoms with Crippen molar-refractivity contribution in [3.05, 3.63) is 70.2 Å². The first-order valence-corrected chi connectivity index (χ1v) is 16.4. The molecule has 5 bridgehead atoms. The molecule has 50 heavy (non-hydrogen) atoms. The van der Waals surface area contributed by atoms with Gasteiger partial charge in [-0.3, -0.25) is 24.0 Å². The SMILES string of the molecule is CO[C@@H]1/C=C/O[C@@]2(C)Oc3c(C)c(O)c4c(c3C2=O)C(=O)C=C(NC(=O)/C(C)=C/C=C/[C@H](C)[C@H](O)[C@@H](C)[C@@H](O)[C@@H](C)[C@H](OC(C)=O)[C@H]1C)C4=O. The Labute approximate surface area is 290 Å². The molecule has 0 radical (unpaired) electrons. The number of ketones is 3. The maximum atomic E-state index is 13.9. The summed E-state index contributed by atoms with van der Waals surface area (Å²) >= 11 is 0. The Kier molecular flexibility index (Phi) is 11.2.